The van der Waals surface area contributed by atoms with Gasteiger partial charge in [-0.25, -0.2) is 0 Å². The molecule has 0 saturated heterocycles. The van der Waals surface area contributed by atoms with Gasteiger partial charge in [0.2, 0.25) is 0 Å². The Morgan fingerprint density at radius 2 is 2.08 bits per heavy atom. The Morgan fingerprint density at radius 3 is 2.58 bits per heavy atom. The van der Waals surface area contributed by atoms with E-state index in [9.17, 15) is 0 Å². The molecule has 0 aromatic carbocycles. The minimum Gasteiger partial charge on any atom is -0.0762 e. The van der Waals surface area contributed by atoms with Crippen LogP contribution in [-0.2, 0) is 0 Å². The lowest BCUT2D eigenvalue weighted by Gasteiger charge is -2.21. The quantitative estimate of drug-likeness (QED) is 0.547. The molecule has 0 N–H and O–H groups in total. The molecule has 1 rings (SSSR count). The predicted octanol–water partition coefficient (Wildman–Crippen LogP) is 4.09. The van der Waals surface area contributed by atoms with Crippen LogP contribution in [0.3, 0.4) is 0 Å². The molecule has 1 aliphatic carbocycles. The Kier molecular flexibility index (Phi) is 3.13. The van der Waals surface area contributed by atoms with Gasteiger partial charge < -0.3 is 0 Å². The minimum absolute atomic E-state index is 0.902. The van der Waals surface area contributed by atoms with Crippen LogP contribution in [0.4, 0.5) is 0 Å². The van der Waals surface area contributed by atoms with Crippen LogP contribution in [0.2, 0.25) is 0 Å². The van der Waals surface area contributed by atoms with Gasteiger partial charge in [0.1, 0.15) is 0 Å². The van der Waals surface area contributed by atoms with E-state index >= 15 is 0 Å². The zero-order valence-electron chi connectivity index (χ0n) is 8.78. The monoisotopic (exact) mass is 164 g/mol. The highest BCUT2D eigenvalue weighted by molar-refractivity contribution is 5.28. The Bertz CT molecular complexity index is 214. The number of hydrogen-bond donors (Lipinski definition) is 0. The molecule has 0 amide bonds. The van der Waals surface area contributed by atoms with E-state index in [1.165, 1.54) is 24.8 Å². The zero-order valence-corrected chi connectivity index (χ0v) is 8.78. The summed E-state index contributed by atoms with van der Waals surface area (Å²) in [6.45, 7) is 8.99. The third-order valence-corrected chi connectivity index (χ3v) is 2.57. The van der Waals surface area contributed by atoms with Crippen LogP contribution in [0.1, 0.15) is 47.0 Å². The van der Waals surface area contributed by atoms with Crippen molar-refractivity contribution < 1.29 is 0 Å². The standard InChI is InChI=1S/C12H20/c1-9(2)7-12-6-5-10(3)8-11(12)4/h7,10H,5-6,8H2,1-4H3. The third-order valence-electron chi connectivity index (χ3n) is 2.57. The third kappa shape index (κ3) is 2.51. The molecule has 1 unspecified atom stereocenters. The lowest BCUT2D eigenvalue weighted by atomic mass is 9.85. The summed E-state index contributed by atoms with van der Waals surface area (Å²) in [4.78, 5) is 0. The largest absolute Gasteiger partial charge is 0.0762 e. The SMILES string of the molecule is CC(C)=CC1=C(C)CC(C)CC1. The average molecular weight is 164 g/mol. The van der Waals surface area contributed by atoms with Crippen LogP contribution in [-0.4, -0.2) is 0 Å². The molecule has 68 valence electrons. The van der Waals surface area contributed by atoms with Gasteiger partial charge in [0.25, 0.3) is 0 Å². The van der Waals surface area contributed by atoms with Crippen LogP contribution in [0.25, 0.3) is 0 Å². The molecule has 0 fully saturated rings. The van der Waals surface area contributed by atoms with Gasteiger partial charge in [-0.05, 0) is 51.5 Å². The van der Waals surface area contributed by atoms with Crippen LogP contribution >= 0.6 is 0 Å². The second-order valence-electron chi connectivity index (χ2n) is 4.38. The molecule has 1 aliphatic rings. The van der Waals surface area contributed by atoms with Crippen LogP contribution < -0.4 is 0 Å². The second kappa shape index (κ2) is 3.93. The van der Waals surface area contributed by atoms with Gasteiger partial charge in [0.15, 0.2) is 0 Å². The van der Waals surface area contributed by atoms with E-state index in [1.54, 1.807) is 11.1 Å². The van der Waals surface area contributed by atoms with Crippen LogP contribution in [0, 0.1) is 5.92 Å². The molecular weight excluding hydrogens is 144 g/mol. The fourth-order valence-electron chi connectivity index (χ4n) is 1.91. The maximum Gasteiger partial charge on any atom is -0.0277 e. The predicted molar refractivity (Wildman–Crippen MR) is 55.1 cm³/mol. The van der Waals surface area contributed by atoms with Gasteiger partial charge >= 0.3 is 0 Å². The smallest absolute Gasteiger partial charge is 0.0277 e. The van der Waals surface area contributed by atoms with Crippen molar-refractivity contribution in [1.82, 2.24) is 0 Å². The second-order valence-corrected chi connectivity index (χ2v) is 4.38. The van der Waals surface area contributed by atoms with E-state index in [-0.39, 0.29) is 0 Å². The minimum atomic E-state index is 0.902. The fourth-order valence-corrected chi connectivity index (χ4v) is 1.91. The summed E-state index contributed by atoms with van der Waals surface area (Å²) in [6.07, 6.45) is 6.31. The van der Waals surface area contributed by atoms with Crippen molar-refractivity contribution in [3.8, 4) is 0 Å². The molecule has 1 atom stereocenters. The highest BCUT2D eigenvalue weighted by Crippen LogP contribution is 2.29. The lowest BCUT2D eigenvalue weighted by Crippen LogP contribution is -2.04. The summed E-state index contributed by atoms with van der Waals surface area (Å²) in [7, 11) is 0. The van der Waals surface area contributed by atoms with E-state index in [2.05, 4.69) is 33.8 Å². The molecule has 0 radical (unpaired) electrons. The first-order chi connectivity index (χ1) is 5.59. The molecule has 0 spiro atoms. The van der Waals surface area contributed by atoms with Crippen molar-refractivity contribution in [3.63, 3.8) is 0 Å². The number of rotatable bonds is 1. The molecule has 0 aromatic rings. The van der Waals surface area contributed by atoms with E-state index in [1.807, 2.05) is 0 Å². The van der Waals surface area contributed by atoms with Crippen molar-refractivity contribution >= 4 is 0 Å². The summed E-state index contributed by atoms with van der Waals surface area (Å²) < 4.78 is 0. The van der Waals surface area contributed by atoms with Crippen molar-refractivity contribution in [2.45, 2.75) is 47.0 Å². The highest BCUT2D eigenvalue weighted by atomic mass is 14.2. The maximum atomic E-state index is 2.35. The van der Waals surface area contributed by atoms with Gasteiger partial charge in [-0.1, -0.05) is 24.1 Å². The molecule has 0 nitrogen and oxygen atoms in total. The average Bonchev–Trinajstić information content (AvgIpc) is 1.94. The molecule has 0 saturated carbocycles. The summed E-state index contributed by atoms with van der Waals surface area (Å²) >= 11 is 0. The normalized spacial score (nSPS) is 24.2. The van der Waals surface area contributed by atoms with Crippen molar-refractivity contribution in [2.24, 2.45) is 5.92 Å². The Hall–Kier alpha value is -0.520. The van der Waals surface area contributed by atoms with Crippen LogP contribution in [0.15, 0.2) is 22.8 Å². The van der Waals surface area contributed by atoms with E-state index in [4.69, 9.17) is 0 Å². The molecule has 0 heterocycles. The highest BCUT2D eigenvalue weighted by Gasteiger charge is 2.12. The fraction of sp³-hybridized carbons (Fsp3) is 0.667. The van der Waals surface area contributed by atoms with Gasteiger partial charge in [0, 0.05) is 0 Å². The van der Waals surface area contributed by atoms with E-state index in [0.29, 0.717) is 0 Å². The van der Waals surface area contributed by atoms with Crippen LogP contribution in [0.5, 0.6) is 0 Å². The summed E-state index contributed by atoms with van der Waals surface area (Å²) in [5.41, 5.74) is 4.63. The number of allylic oxidation sites excluding steroid dienone is 4. The Morgan fingerprint density at radius 1 is 1.42 bits per heavy atom. The van der Waals surface area contributed by atoms with Crippen molar-refractivity contribution in [3.05, 3.63) is 22.8 Å². The van der Waals surface area contributed by atoms with Gasteiger partial charge in [0.05, 0.1) is 0 Å². The van der Waals surface area contributed by atoms with Gasteiger partial charge in [-0.3, -0.25) is 0 Å². The maximum absolute atomic E-state index is 2.35. The molecule has 0 aromatic heterocycles. The van der Waals surface area contributed by atoms with Crippen molar-refractivity contribution in [2.75, 3.05) is 0 Å². The summed E-state index contributed by atoms with van der Waals surface area (Å²) in [5, 5.41) is 0. The lowest BCUT2D eigenvalue weighted by molar-refractivity contribution is 0.500. The first-order valence-corrected chi connectivity index (χ1v) is 4.93. The molecule has 0 aliphatic heterocycles. The Labute approximate surface area is 76.4 Å². The molecule has 0 heteroatoms. The van der Waals surface area contributed by atoms with E-state index in [0.717, 1.165) is 5.92 Å². The number of hydrogen-bond acceptors (Lipinski definition) is 0. The van der Waals surface area contributed by atoms with Gasteiger partial charge in [-0.15, -0.1) is 0 Å². The first-order valence-electron chi connectivity index (χ1n) is 4.93. The van der Waals surface area contributed by atoms with Crippen molar-refractivity contribution in [1.29, 1.82) is 0 Å². The molecular formula is C12H20. The Balaban J connectivity index is 2.76. The zero-order chi connectivity index (χ0) is 9.14. The topological polar surface area (TPSA) is 0 Å². The van der Waals surface area contributed by atoms with E-state index < -0.39 is 0 Å². The van der Waals surface area contributed by atoms with Gasteiger partial charge in [-0.2, -0.15) is 0 Å². The summed E-state index contributed by atoms with van der Waals surface area (Å²) in [5.74, 6) is 0.902. The molecule has 12 heavy (non-hydrogen) atoms. The molecule has 0 bridgehead atoms. The summed E-state index contributed by atoms with van der Waals surface area (Å²) in [6, 6.07) is 0. The first kappa shape index (κ1) is 9.57.